The lowest BCUT2D eigenvalue weighted by Gasteiger charge is -2.27. The maximum absolute atomic E-state index is 11.9. The number of fused-ring (bicyclic) bond motifs is 2. The highest BCUT2D eigenvalue weighted by Gasteiger charge is 2.44. The van der Waals surface area contributed by atoms with Gasteiger partial charge in [0.05, 0.1) is 10.3 Å². The van der Waals surface area contributed by atoms with Gasteiger partial charge in [-0.1, -0.05) is 50.1 Å². The molecule has 0 bridgehead atoms. The molecule has 0 radical (unpaired) electrons. The zero-order valence-corrected chi connectivity index (χ0v) is 26.9. The molecular formula is C35H45N2O4S+. The van der Waals surface area contributed by atoms with Crippen LogP contribution in [0.3, 0.4) is 0 Å². The maximum Gasteiger partial charge on any atom is 0.294 e. The number of aryl methyl sites for hydroxylation is 1. The van der Waals surface area contributed by atoms with Gasteiger partial charge in [-0.2, -0.15) is 13.0 Å². The van der Waals surface area contributed by atoms with Gasteiger partial charge in [-0.25, -0.2) is 0 Å². The predicted molar refractivity (Wildman–Crippen MR) is 172 cm³/mol. The number of unbranched alkanes of at least 4 members (excludes halogenated alkanes) is 2. The fourth-order valence-electron chi connectivity index (χ4n) is 6.36. The summed E-state index contributed by atoms with van der Waals surface area (Å²) < 4.78 is 35.9. The minimum absolute atomic E-state index is 0.0941. The summed E-state index contributed by atoms with van der Waals surface area (Å²) in [6.45, 7) is 16.3. The molecule has 2 aromatic rings. The Morgan fingerprint density at radius 2 is 1.69 bits per heavy atom. The smallest absolute Gasteiger partial charge is 0.294 e. The van der Waals surface area contributed by atoms with E-state index in [1.165, 1.54) is 28.6 Å². The fourth-order valence-corrected chi connectivity index (χ4v) is 6.87. The number of anilines is 1. The number of benzene rings is 2. The van der Waals surface area contributed by atoms with Crippen molar-refractivity contribution in [1.82, 2.24) is 0 Å². The molecule has 2 aliphatic heterocycles. The molecule has 224 valence electrons. The van der Waals surface area contributed by atoms with Crippen LogP contribution in [0, 0.1) is 6.92 Å². The predicted octanol–water partition coefficient (Wildman–Crippen LogP) is 7.58. The molecule has 0 saturated carbocycles. The van der Waals surface area contributed by atoms with Crippen molar-refractivity contribution in [2.24, 2.45) is 0 Å². The number of rotatable bonds is 11. The lowest BCUT2D eigenvalue weighted by molar-refractivity contribution is -0.433. The van der Waals surface area contributed by atoms with E-state index in [1.807, 2.05) is 12.2 Å². The number of Topliss-reactive ketones (excluding diaryl/α,β-unsaturated/α-hetero) is 1. The van der Waals surface area contributed by atoms with Crippen molar-refractivity contribution in [3.8, 4) is 0 Å². The van der Waals surface area contributed by atoms with Gasteiger partial charge in [0.25, 0.3) is 10.1 Å². The Hall–Kier alpha value is -3.29. The van der Waals surface area contributed by atoms with E-state index in [-0.39, 0.29) is 16.1 Å². The van der Waals surface area contributed by atoms with Gasteiger partial charge in [-0.15, -0.1) is 0 Å². The molecule has 0 unspecified atom stereocenters. The number of allylic oxidation sites excluding steroid dienone is 6. The normalized spacial score (nSPS) is 18.5. The van der Waals surface area contributed by atoms with E-state index >= 15 is 0 Å². The molecule has 0 amide bonds. The van der Waals surface area contributed by atoms with Gasteiger partial charge in [0.15, 0.2) is 5.71 Å². The van der Waals surface area contributed by atoms with Crippen LogP contribution in [0.5, 0.6) is 0 Å². The van der Waals surface area contributed by atoms with Gasteiger partial charge in [0.1, 0.15) is 12.3 Å². The standard InChI is InChI=1S/C35H44N2O4S/c1-8-36-30-20-18-25(2)23-28(30)34(4,5)32(36)16-12-9-13-17-33-35(6,7)29-24-27(42(39,40)41)19-21-31(29)37(33)22-14-10-11-15-26(3)38/h9,12-13,16-21,23-24H,8,10-11,14-15,22H2,1-7H3/p+1. The van der Waals surface area contributed by atoms with E-state index in [2.05, 4.69) is 87.4 Å². The van der Waals surface area contributed by atoms with E-state index in [0.29, 0.717) is 6.42 Å². The van der Waals surface area contributed by atoms with E-state index in [9.17, 15) is 17.8 Å². The highest BCUT2D eigenvalue weighted by molar-refractivity contribution is 7.85. The van der Waals surface area contributed by atoms with Crippen LogP contribution < -0.4 is 4.90 Å². The second-order valence-corrected chi connectivity index (χ2v) is 13.9. The van der Waals surface area contributed by atoms with Gasteiger partial charge in [0.2, 0.25) is 5.69 Å². The zero-order chi connectivity index (χ0) is 30.9. The van der Waals surface area contributed by atoms with E-state index in [4.69, 9.17) is 0 Å². The summed E-state index contributed by atoms with van der Waals surface area (Å²) in [5, 5.41) is 0. The summed E-state index contributed by atoms with van der Waals surface area (Å²) in [4.78, 5) is 13.5. The Morgan fingerprint density at radius 3 is 2.36 bits per heavy atom. The van der Waals surface area contributed by atoms with Crippen molar-refractivity contribution in [3.05, 3.63) is 89.2 Å². The second-order valence-electron chi connectivity index (χ2n) is 12.5. The molecule has 2 aliphatic rings. The summed E-state index contributed by atoms with van der Waals surface area (Å²) >= 11 is 0. The van der Waals surface area contributed by atoms with Crippen LogP contribution in [0.2, 0.25) is 0 Å². The van der Waals surface area contributed by atoms with E-state index in [0.717, 1.165) is 49.3 Å². The maximum atomic E-state index is 11.9. The number of nitrogens with zero attached hydrogens (tertiary/aromatic N) is 2. The summed E-state index contributed by atoms with van der Waals surface area (Å²) in [7, 11) is -4.31. The average Bonchev–Trinajstić information content (AvgIpc) is 3.25. The number of hydrogen-bond acceptors (Lipinski definition) is 4. The van der Waals surface area contributed by atoms with Crippen molar-refractivity contribution >= 4 is 33.0 Å². The molecule has 0 spiro atoms. The van der Waals surface area contributed by atoms with Gasteiger partial charge >= 0.3 is 0 Å². The Bertz CT molecular complexity index is 1610. The minimum atomic E-state index is -4.31. The van der Waals surface area contributed by atoms with Gasteiger partial charge in [-0.3, -0.25) is 4.55 Å². The topological polar surface area (TPSA) is 77.7 Å². The van der Waals surface area contributed by atoms with Gasteiger partial charge in [-0.05, 0) is 83.4 Å². The lowest BCUT2D eigenvalue weighted by atomic mass is 9.81. The number of hydrogen-bond donors (Lipinski definition) is 1. The Balaban J connectivity index is 1.62. The van der Waals surface area contributed by atoms with Crippen LogP contribution in [0.1, 0.15) is 83.9 Å². The molecule has 0 fully saturated rings. The van der Waals surface area contributed by atoms with Crippen molar-refractivity contribution in [3.63, 3.8) is 0 Å². The third-order valence-corrected chi connectivity index (χ3v) is 9.52. The molecule has 0 atom stereocenters. The zero-order valence-electron chi connectivity index (χ0n) is 26.1. The molecule has 0 saturated heterocycles. The molecule has 0 aliphatic carbocycles. The van der Waals surface area contributed by atoms with Crippen LogP contribution in [-0.4, -0.2) is 42.1 Å². The quantitative estimate of drug-likeness (QED) is 0.127. The van der Waals surface area contributed by atoms with Crippen molar-refractivity contribution in [1.29, 1.82) is 0 Å². The van der Waals surface area contributed by atoms with Crippen LogP contribution >= 0.6 is 0 Å². The molecule has 42 heavy (non-hydrogen) atoms. The fraction of sp³-hybridized carbons (Fsp3) is 0.429. The molecular weight excluding hydrogens is 544 g/mol. The summed E-state index contributed by atoms with van der Waals surface area (Å²) in [6, 6.07) is 11.5. The number of ketones is 1. The highest BCUT2D eigenvalue weighted by atomic mass is 32.2. The highest BCUT2D eigenvalue weighted by Crippen LogP contribution is 2.48. The first-order valence-corrected chi connectivity index (χ1v) is 16.3. The first-order chi connectivity index (χ1) is 19.7. The summed E-state index contributed by atoms with van der Waals surface area (Å²) in [5.74, 6) is 0.208. The van der Waals surface area contributed by atoms with Crippen molar-refractivity contribution in [2.45, 2.75) is 89.9 Å². The Labute approximate surface area is 251 Å². The first kappa shape index (κ1) is 31.6. The van der Waals surface area contributed by atoms with Crippen LogP contribution in [0.4, 0.5) is 11.4 Å². The summed E-state index contributed by atoms with van der Waals surface area (Å²) in [6.07, 6.45) is 13.8. The molecule has 2 aromatic carbocycles. The Morgan fingerprint density at radius 1 is 0.952 bits per heavy atom. The monoisotopic (exact) mass is 589 g/mol. The molecule has 1 N–H and O–H groups in total. The van der Waals surface area contributed by atoms with E-state index < -0.39 is 15.5 Å². The third kappa shape index (κ3) is 6.23. The lowest BCUT2D eigenvalue weighted by Crippen LogP contribution is -2.27. The van der Waals surface area contributed by atoms with Crippen molar-refractivity contribution in [2.75, 3.05) is 18.0 Å². The Kier molecular flexibility index (Phi) is 9.14. The van der Waals surface area contributed by atoms with Crippen molar-refractivity contribution < 1.29 is 22.3 Å². The third-order valence-electron chi connectivity index (χ3n) is 8.67. The van der Waals surface area contributed by atoms with Gasteiger partial charge in [0, 0.05) is 47.5 Å². The molecule has 6 nitrogen and oxygen atoms in total. The van der Waals surface area contributed by atoms with Crippen LogP contribution in [-0.2, 0) is 25.7 Å². The second kappa shape index (κ2) is 12.1. The number of carbonyl (C=O) groups excluding carboxylic acids is 1. The average molecular weight is 590 g/mol. The molecule has 0 aromatic heterocycles. The van der Waals surface area contributed by atoms with Crippen LogP contribution in [0.15, 0.2) is 77.4 Å². The SMILES string of the molecule is CC[N+]1=C(/C=C/C=C/C=C2/N(CCCCCC(C)=O)c3ccc(S(=O)(=O)O)cc3C2(C)C)C(C)(C)c2cc(C)ccc21. The molecule has 4 rings (SSSR count). The summed E-state index contributed by atoms with van der Waals surface area (Å²) in [5.41, 5.74) is 7.46. The van der Waals surface area contributed by atoms with Crippen LogP contribution in [0.25, 0.3) is 0 Å². The largest absolute Gasteiger partial charge is 0.344 e. The molecule has 2 heterocycles. The first-order valence-electron chi connectivity index (χ1n) is 14.9. The van der Waals surface area contributed by atoms with Gasteiger partial charge < -0.3 is 9.69 Å². The number of carbonyl (C=O) groups is 1. The minimum Gasteiger partial charge on any atom is -0.344 e. The molecule has 7 heteroatoms. The van der Waals surface area contributed by atoms with E-state index in [1.54, 1.807) is 19.1 Å².